The first-order valence-corrected chi connectivity index (χ1v) is 8.96. The summed E-state index contributed by atoms with van der Waals surface area (Å²) >= 11 is 1.59. The van der Waals surface area contributed by atoms with Crippen LogP contribution in [0.25, 0.3) is 10.6 Å². The lowest BCUT2D eigenvalue weighted by Gasteiger charge is -2.10. The molecule has 1 heterocycles. The second-order valence-corrected chi connectivity index (χ2v) is 6.73. The monoisotopic (exact) mass is 368 g/mol. The van der Waals surface area contributed by atoms with E-state index in [4.69, 9.17) is 9.47 Å². The van der Waals surface area contributed by atoms with Crippen LogP contribution < -0.4 is 14.8 Å². The number of thiazole rings is 1. The van der Waals surface area contributed by atoms with Gasteiger partial charge in [0.05, 0.1) is 32.0 Å². The topological polar surface area (TPSA) is 60.5 Å². The summed E-state index contributed by atoms with van der Waals surface area (Å²) in [5.74, 6) is 0.903. The fourth-order valence-corrected chi connectivity index (χ4v) is 3.55. The molecule has 0 saturated carbocycles. The van der Waals surface area contributed by atoms with Crippen molar-refractivity contribution < 1.29 is 14.3 Å². The van der Waals surface area contributed by atoms with Crippen molar-refractivity contribution in [2.75, 3.05) is 14.2 Å². The van der Waals surface area contributed by atoms with Crippen LogP contribution in [-0.4, -0.2) is 25.1 Å². The number of carbonyl (C=O) groups is 1. The van der Waals surface area contributed by atoms with Crippen LogP contribution in [-0.2, 0) is 6.54 Å². The summed E-state index contributed by atoms with van der Waals surface area (Å²) < 4.78 is 10.5. The lowest BCUT2D eigenvalue weighted by molar-refractivity contribution is 0.0948. The van der Waals surface area contributed by atoms with Crippen LogP contribution in [0.15, 0.2) is 48.5 Å². The molecular formula is C20H20N2O3S. The minimum Gasteiger partial charge on any atom is -0.497 e. The fraction of sp³-hybridized carbons (Fsp3) is 0.200. The van der Waals surface area contributed by atoms with Crippen LogP contribution in [0.4, 0.5) is 0 Å². The molecule has 3 aromatic rings. The van der Waals surface area contributed by atoms with Crippen LogP contribution in [0.2, 0.25) is 0 Å². The van der Waals surface area contributed by atoms with Crippen LogP contribution in [0, 0.1) is 6.92 Å². The zero-order chi connectivity index (χ0) is 18.5. The summed E-state index contributed by atoms with van der Waals surface area (Å²) in [7, 11) is 3.10. The Morgan fingerprint density at radius 2 is 1.88 bits per heavy atom. The Balaban J connectivity index is 1.75. The number of amides is 1. The first-order valence-electron chi connectivity index (χ1n) is 8.14. The maximum absolute atomic E-state index is 12.6. The SMILES string of the molecule is COc1ccc(OC)c(C(=O)NCc2sc(-c3ccccc3)nc2C)c1. The first-order chi connectivity index (χ1) is 12.6. The maximum Gasteiger partial charge on any atom is 0.255 e. The highest BCUT2D eigenvalue weighted by atomic mass is 32.1. The van der Waals surface area contributed by atoms with Crippen molar-refractivity contribution in [1.29, 1.82) is 0 Å². The summed E-state index contributed by atoms with van der Waals surface area (Å²) in [4.78, 5) is 18.2. The molecule has 0 spiro atoms. The molecule has 0 aliphatic rings. The minimum atomic E-state index is -0.213. The number of hydrogen-bond donors (Lipinski definition) is 1. The zero-order valence-electron chi connectivity index (χ0n) is 14.9. The smallest absolute Gasteiger partial charge is 0.255 e. The molecule has 0 radical (unpaired) electrons. The van der Waals surface area contributed by atoms with Crippen LogP contribution >= 0.6 is 11.3 Å². The van der Waals surface area contributed by atoms with E-state index in [9.17, 15) is 4.79 Å². The number of aryl methyl sites for hydroxylation is 1. The van der Waals surface area contributed by atoms with Crippen molar-refractivity contribution in [3.05, 3.63) is 64.7 Å². The lowest BCUT2D eigenvalue weighted by Crippen LogP contribution is -2.23. The third kappa shape index (κ3) is 3.86. The Kier molecular flexibility index (Phi) is 5.53. The molecule has 0 saturated heterocycles. The molecule has 1 amide bonds. The van der Waals surface area contributed by atoms with Crippen LogP contribution in [0.3, 0.4) is 0 Å². The van der Waals surface area contributed by atoms with Gasteiger partial charge < -0.3 is 14.8 Å². The molecule has 0 fully saturated rings. The Hall–Kier alpha value is -2.86. The van der Waals surface area contributed by atoms with Gasteiger partial charge in [0.25, 0.3) is 5.91 Å². The molecule has 6 heteroatoms. The number of benzene rings is 2. The van der Waals surface area contributed by atoms with Crippen LogP contribution in [0.1, 0.15) is 20.9 Å². The molecule has 134 valence electrons. The van der Waals surface area contributed by atoms with Gasteiger partial charge in [-0.15, -0.1) is 11.3 Å². The Morgan fingerprint density at radius 1 is 1.12 bits per heavy atom. The van der Waals surface area contributed by atoms with Crippen molar-refractivity contribution in [2.24, 2.45) is 0 Å². The quantitative estimate of drug-likeness (QED) is 0.713. The Morgan fingerprint density at radius 3 is 2.58 bits per heavy atom. The number of hydrogen-bond acceptors (Lipinski definition) is 5. The second kappa shape index (κ2) is 8.01. The number of nitrogens with one attached hydrogen (secondary N) is 1. The van der Waals surface area contributed by atoms with Crippen molar-refractivity contribution >= 4 is 17.2 Å². The lowest BCUT2D eigenvalue weighted by atomic mass is 10.1. The third-order valence-corrected chi connectivity index (χ3v) is 5.18. The van der Waals surface area contributed by atoms with Gasteiger partial charge in [-0.3, -0.25) is 4.79 Å². The predicted octanol–water partition coefficient (Wildman–Crippen LogP) is 4.07. The highest BCUT2D eigenvalue weighted by Gasteiger charge is 2.15. The number of carbonyl (C=O) groups excluding carboxylic acids is 1. The molecular weight excluding hydrogens is 348 g/mol. The second-order valence-electron chi connectivity index (χ2n) is 5.64. The molecule has 1 N–H and O–H groups in total. The average molecular weight is 368 g/mol. The Labute approximate surface area is 156 Å². The van der Waals surface area contributed by atoms with E-state index in [0.717, 1.165) is 21.1 Å². The average Bonchev–Trinajstić information content (AvgIpc) is 3.07. The maximum atomic E-state index is 12.6. The molecule has 26 heavy (non-hydrogen) atoms. The van der Waals surface area contributed by atoms with E-state index in [-0.39, 0.29) is 5.91 Å². The highest BCUT2D eigenvalue weighted by molar-refractivity contribution is 7.15. The third-order valence-electron chi connectivity index (χ3n) is 3.97. The van der Waals surface area contributed by atoms with Crippen molar-refractivity contribution in [3.8, 4) is 22.1 Å². The number of rotatable bonds is 6. The van der Waals surface area contributed by atoms with Gasteiger partial charge in [0.15, 0.2) is 0 Å². The normalized spacial score (nSPS) is 10.4. The first kappa shape index (κ1) is 17.9. The standard InChI is InChI=1S/C20H20N2O3S/c1-13-18(26-20(22-13)14-7-5-4-6-8-14)12-21-19(23)16-11-15(24-2)9-10-17(16)25-3/h4-11H,12H2,1-3H3,(H,21,23). The molecule has 2 aromatic carbocycles. The van der Waals surface area contributed by atoms with E-state index >= 15 is 0 Å². The predicted molar refractivity (Wildman–Crippen MR) is 103 cm³/mol. The summed E-state index contributed by atoms with van der Waals surface area (Å²) in [6, 6.07) is 15.2. The van der Waals surface area contributed by atoms with Gasteiger partial charge in [-0.05, 0) is 25.1 Å². The van der Waals surface area contributed by atoms with Crippen molar-refractivity contribution in [3.63, 3.8) is 0 Å². The van der Waals surface area contributed by atoms with Gasteiger partial charge in [0.2, 0.25) is 0 Å². The largest absolute Gasteiger partial charge is 0.497 e. The van der Waals surface area contributed by atoms with E-state index in [1.807, 2.05) is 37.3 Å². The summed E-state index contributed by atoms with van der Waals surface area (Å²) in [5.41, 5.74) is 2.44. The number of aromatic nitrogens is 1. The van der Waals surface area contributed by atoms with Gasteiger partial charge in [-0.2, -0.15) is 0 Å². The van der Waals surface area contributed by atoms with Gasteiger partial charge in [-0.25, -0.2) is 4.98 Å². The molecule has 0 bridgehead atoms. The summed E-state index contributed by atoms with van der Waals surface area (Å²) in [5, 5.41) is 3.89. The molecule has 0 aliphatic carbocycles. The van der Waals surface area contributed by atoms with E-state index < -0.39 is 0 Å². The molecule has 1 aromatic heterocycles. The van der Waals surface area contributed by atoms with Gasteiger partial charge in [-0.1, -0.05) is 30.3 Å². The van der Waals surface area contributed by atoms with E-state index in [2.05, 4.69) is 10.3 Å². The highest BCUT2D eigenvalue weighted by Crippen LogP contribution is 2.28. The zero-order valence-corrected chi connectivity index (χ0v) is 15.7. The van der Waals surface area contributed by atoms with Crippen molar-refractivity contribution in [2.45, 2.75) is 13.5 Å². The molecule has 0 atom stereocenters. The molecule has 3 rings (SSSR count). The van der Waals surface area contributed by atoms with Gasteiger partial charge in [0.1, 0.15) is 16.5 Å². The minimum absolute atomic E-state index is 0.213. The summed E-state index contributed by atoms with van der Waals surface area (Å²) in [6.07, 6.45) is 0. The van der Waals surface area contributed by atoms with Gasteiger partial charge in [0, 0.05) is 10.4 Å². The van der Waals surface area contributed by atoms with E-state index in [0.29, 0.717) is 23.6 Å². The van der Waals surface area contributed by atoms with Crippen molar-refractivity contribution in [1.82, 2.24) is 10.3 Å². The number of nitrogens with zero attached hydrogens (tertiary/aromatic N) is 1. The van der Waals surface area contributed by atoms with Gasteiger partial charge >= 0.3 is 0 Å². The fourth-order valence-electron chi connectivity index (χ4n) is 2.54. The van der Waals surface area contributed by atoms with Crippen LogP contribution in [0.5, 0.6) is 11.5 Å². The molecule has 5 nitrogen and oxygen atoms in total. The molecule has 0 unspecified atom stereocenters. The number of methoxy groups -OCH3 is 2. The molecule has 0 aliphatic heterocycles. The summed E-state index contributed by atoms with van der Waals surface area (Å²) in [6.45, 7) is 2.37. The van der Waals surface area contributed by atoms with E-state index in [1.54, 1.807) is 36.6 Å². The number of ether oxygens (including phenoxy) is 2. The van der Waals surface area contributed by atoms with E-state index in [1.165, 1.54) is 7.11 Å². The Bertz CT molecular complexity index is 907.